The van der Waals surface area contributed by atoms with Crippen molar-refractivity contribution in [1.82, 2.24) is 0 Å². The van der Waals surface area contributed by atoms with Crippen LogP contribution in [0, 0.1) is 13.8 Å². The number of hydrogen-bond donors (Lipinski definition) is 0. The molecule has 0 N–H and O–H groups in total. The molecule has 0 aliphatic heterocycles. The first kappa shape index (κ1) is 15.7. The van der Waals surface area contributed by atoms with Gasteiger partial charge in [0.15, 0.2) is 0 Å². The minimum absolute atomic E-state index is 0.139. The summed E-state index contributed by atoms with van der Waals surface area (Å²) in [4.78, 5) is 0. The molecular formula is C18H26OP-. The lowest BCUT2D eigenvalue weighted by Gasteiger charge is -2.25. The summed E-state index contributed by atoms with van der Waals surface area (Å²) >= 11 is 0. The third-order valence-corrected chi connectivity index (χ3v) is 5.58. The molecule has 1 aromatic carbocycles. The van der Waals surface area contributed by atoms with Crippen LogP contribution in [0.1, 0.15) is 68.7 Å². The molecule has 20 heavy (non-hydrogen) atoms. The third-order valence-electron chi connectivity index (χ3n) is 4.24. The van der Waals surface area contributed by atoms with Crippen molar-refractivity contribution >= 4 is 13.7 Å². The monoisotopic (exact) mass is 289 g/mol. The van der Waals surface area contributed by atoms with Crippen LogP contribution in [-0.2, 0) is 5.41 Å². The van der Waals surface area contributed by atoms with Gasteiger partial charge in [-0.3, -0.25) is 0 Å². The van der Waals surface area contributed by atoms with Gasteiger partial charge in [-0.05, 0) is 60.0 Å². The molecule has 0 aromatic heterocycles. The van der Waals surface area contributed by atoms with Gasteiger partial charge in [0.25, 0.3) is 0 Å². The molecule has 0 heterocycles. The number of rotatable bonds is 2. The maximum Gasteiger partial charge on any atom is -0.0000723 e. The minimum atomic E-state index is 0.139. The van der Waals surface area contributed by atoms with E-state index in [0.717, 1.165) is 24.9 Å². The predicted octanol–water partition coefficient (Wildman–Crippen LogP) is 4.33. The molecule has 0 unspecified atom stereocenters. The SMILES string of the molecule is Cc1cc(C(C)(C)C)cc(C)c1C([O-])=PC1CCCC1. The molecule has 2 rings (SSSR count). The molecule has 0 amide bonds. The summed E-state index contributed by atoms with van der Waals surface area (Å²) in [6.45, 7) is 10.8. The fraction of sp³-hybridized carbons (Fsp3) is 0.611. The summed E-state index contributed by atoms with van der Waals surface area (Å²) in [7, 11) is 1.02. The van der Waals surface area contributed by atoms with Crippen molar-refractivity contribution < 1.29 is 5.11 Å². The van der Waals surface area contributed by atoms with Crippen LogP contribution in [0.3, 0.4) is 0 Å². The zero-order valence-corrected chi connectivity index (χ0v) is 14.3. The van der Waals surface area contributed by atoms with Crippen LogP contribution in [0.25, 0.3) is 0 Å². The van der Waals surface area contributed by atoms with Crippen molar-refractivity contribution in [2.24, 2.45) is 0 Å². The maximum absolute atomic E-state index is 12.6. The molecule has 110 valence electrons. The normalized spacial score (nSPS) is 17.8. The Hall–Kier alpha value is -0.650. The van der Waals surface area contributed by atoms with Gasteiger partial charge in [0.2, 0.25) is 0 Å². The van der Waals surface area contributed by atoms with Crippen molar-refractivity contribution in [1.29, 1.82) is 0 Å². The molecule has 0 spiro atoms. The van der Waals surface area contributed by atoms with E-state index in [0.29, 0.717) is 11.1 Å². The van der Waals surface area contributed by atoms with E-state index in [9.17, 15) is 5.11 Å². The molecule has 0 atom stereocenters. The van der Waals surface area contributed by atoms with Gasteiger partial charge >= 0.3 is 0 Å². The molecule has 1 aliphatic carbocycles. The summed E-state index contributed by atoms with van der Waals surface area (Å²) in [6.07, 6.45) is 5.05. The average Bonchev–Trinajstić information content (AvgIpc) is 2.79. The van der Waals surface area contributed by atoms with Gasteiger partial charge in [-0.25, -0.2) is 0 Å². The highest BCUT2D eigenvalue weighted by Gasteiger charge is 2.17. The molecule has 0 saturated heterocycles. The van der Waals surface area contributed by atoms with Gasteiger partial charge in [0, 0.05) is 0 Å². The number of benzene rings is 1. The molecule has 2 heteroatoms. The highest BCUT2D eigenvalue weighted by molar-refractivity contribution is 7.41. The molecule has 0 radical (unpaired) electrons. The Labute approximate surface area is 125 Å². The van der Waals surface area contributed by atoms with Crippen molar-refractivity contribution in [3.8, 4) is 0 Å². The Bertz CT molecular complexity index is 494. The van der Waals surface area contributed by atoms with Crippen LogP contribution in [0.2, 0.25) is 0 Å². The lowest BCUT2D eigenvalue weighted by atomic mass is 9.84. The fourth-order valence-electron chi connectivity index (χ4n) is 3.00. The second-order valence-electron chi connectivity index (χ2n) is 7.11. The van der Waals surface area contributed by atoms with Crippen LogP contribution in [0.5, 0.6) is 0 Å². The van der Waals surface area contributed by atoms with Crippen LogP contribution in [0.4, 0.5) is 0 Å². The van der Waals surface area contributed by atoms with Crippen molar-refractivity contribution in [2.75, 3.05) is 0 Å². The largest absolute Gasteiger partial charge is 0.824 e. The highest BCUT2D eigenvalue weighted by atomic mass is 31.1. The Morgan fingerprint density at radius 3 is 2.05 bits per heavy atom. The Balaban J connectivity index is 2.37. The molecule has 0 bridgehead atoms. The first-order chi connectivity index (χ1) is 9.29. The van der Waals surface area contributed by atoms with E-state index in [-0.39, 0.29) is 5.41 Å². The predicted molar refractivity (Wildman–Crippen MR) is 87.9 cm³/mol. The summed E-state index contributed by atoms with van der Waals surface area (Å²) in [5, 5.41) is 12.6. The highest BCUT2D eigenvalue weighted by Crippen LogP contribution is 2.32. The lowest BCUT2D eigenvalue weighted by Crippen LogP contribution is -2.21. The van der Waals surface area contributed by atoms with E-state index >= 15 is 0 Å². The summed E-state index contributed by atoms with van der Waals surface area (Å²) in [5.41, 5.74) is 5.64. The lowest BCUT2D eigenvalue weighted by molar-refractivity contribution is -0.207. The van der Waals surface area contributed by atoms with Gasteiger partial charge in [0.05, 0.1) is 0 Å². The molecule has 1 fully saturated rings. The second-order valence-corrected chi connectivity index (χ2v) is 8.50. The average molecular weight is 289 g/mol. The molecule has 1 saturated carbocycles. The molecular weight excluding hydrogens is 263 g/mol. The minimum Gasteiger partial charge on any atom is -0.824 e. The van der Waals surface area contributed by atoms with Gasteiger partial charge in [-0.1, -0.05) is 45.7 Å². The van der Waals surface area contributed by atoms with Crippen LogP contribution in [-0.4, -0.2) is 11.1 Å². The fourth-order valence-corrected chi connectivity index (χ4v) is 4.43. The van der Waals surface area contributed by atoms with Crippen LogP contribution >= 0.6 is 8.20 Å². The van der Waals surface area contributed by atoms with Gasteiger partial charge < -0.3 is 5.11 Å². The van der Waals surface area contributed by atoms with Crippen LogP contribution in [0.15, 0.2) is 12.1 Å². The van der Waals surface area contributed by atoms with Crippen molar-refractivity contribution in [2.45, 2.75) is 71.4 Å². The van der Waals surface area contributed by atoms with E-state index in [1.165, 1.54) is 31.2 Å². The van der Waals surface area contributed by atoms with Crippen LogP contribution < -0.4 is 5.11 Å². The van der Waals surface area contributed by atoms with Crippen molar-refractivity contribution in [3.63, 3.8) is 0 Å². The van der Waals surface area contributed by atoms with E-state index in [1.807, 2.05) is 0 Å². The molecule has 1 aliphatic rings. The second kappa shape index (κ2) is 6.00. The third kappa shape index (κ3) is 3.51. The Morgan fingerprint density at radius 2 is 1.60 bits per heavy atom. The summed E-state index contributed by atoms with van der Waals surface area (Å²) < 4.78 is 0. The summed E-state index contributed by atoms with van der Waals surface area (Å²) in [5.74, 6) is 0. The zero-order chi connectivity index (χ0) is 14.9. The first-order valence-electron chi connectivity index (χ1n) is 7.66. The first-order valence-corrected chi connectivity index (χ1v) is 8.62. The Kier molecular flexibility index (Phi) is 4.72. The number of hydrogen-bond acceptors (Lipinski definition) is 1. The smallest absolute Gasteiger partial charge is 0.0000723 e. The topological polar surface area (TPSA) is 23.1 Å². The standard InChI is InChI=1S/C18H27OP/c1-12-10-14(18(3,4)5)11-13(2)16(12)17(19)20-15-8-6-7-9-15/h10-11,15,19H,6-9H2,1-5H3/p-1. The summed E-state index contributed by atoms with van der Waals surface area (Å²) in [6, 6.07) is 4.40. The Morgan fingerprint density at radius 1 is 1.10 bits per heavy atom. The molecule has 1 aromatic rings. The maximum atomic E-state index is 12.6. The molecule has 1 nitrogen and oxygen atoms in total. The zero-order valence-electron chi connectivity index (χ0n) is 13.4. The number of aryl methyl sites for hydroxylation is 2. The van der Waals surface area contributed by atoms with Gasteiger partial charge in [-0.15, -0.1) is 13.7 Å². The van der Waals surface area contributed by atoms with E-state index in [2.05, 4.69) is 46.8 Å². The van der Waals surface area contributed by atoms with Gasteiger partial charge in [-0.2, -0.15) is 0 Å². The van der Waals surface area contributed by atoms with Gasteiger partial charge in [0.1, 0.15) is 0 Å². The van der Waals surface area contributed by atoms with E-state index in [1.54, 1.807) is 0 Å². The quantitative estimate of drug-likeness (QED) is 0.743. The van der Waals surface area contributed by atoms with E-state index in [4.69, 9.17) is 0 Å². The van der Waals surface area contributed by atoms with E-state index < -0.39 is 0 Å². The van der Waals surface area contributed by atoms with Crippen molar-refractivity contribution in [3.05, 3.63) is 34.4 Å².